The molecular formula is C15H19NO4. The number of rotatable bonds is 2. The molecule has 1 amide bonds. The average Bonchev–Trinajstić information content (AvgIpc) is 3.18. The van der Waals surface area contributed by atoms with Crippen molar-refractivity contribution >= 4 is 11.9 Å². The number of carbonyl (C=O) groups is 2. The quantitative estimate of drug-likeness (QED) is 0.555. The van der Waals surface area contributed by atoms with Gasteiger partial charge >= 0.3 is 5.97 Å². The lowest BCUT2D eigenvalue weighted by Crippen LogP contribution is -2.40. The molecule has 1 aliphatic carbocycles. The number of carbonyl (C=O) groups excluding carboxylic acids is 2. The first-order chi connectivity index (χ1) is 9.66. The molecular weight excluding hydrogens is 258 g/mol. The van der Waals surface area contributed by atoms with Crippen molar-refractivity contribution in [2.45, 2.75) is 43.4 Å². The highest BCUT2D eigenvalue weighted by atomic mass is 16.5. The summed E-state index contributed by atoms with van der Waals surface area (Å²) >= 11 is 0. The maximum absolute atomic E-state index is 12.8. The highest BCUT2D eigenvalue weighted by molar-refractivity contribution is 5.91. The third kappa shape index (κ3) is 1.41. The number of fused-ring (bicyclic) bond motifs is 1. The molecule has 4 atom stereocenters. The molecule has 3 heterocycles. The van der Waals surface area contributed by atoms with Gasteiger partial charge in [0.1, 0.15) is 11.5 Å². The monoisotopic (exact) mass is 277 g/mol. The van der Waals surface area contributed by atoms with Crippen molar-refractivity contribution in [3.63, 3.8) is 0 Å². The van der Waals surface area contributed by atoms with Crippen LogP contribution in [0.2, 0.25) is 0 Å². The number of hydrogen-bond acceptors (Lipinski definition) is 4. The molecule has 5 nitrogen and oxygen atoms in total. The van der Waals surface area contributed by atoms with E-state index in [4.69, 9.17) is 9.47 Å². The summed E-state index contributed by atoms with van der Waals surface area (Å²) in [6.45, 7) is 0.599. The molecule has 0 radical (unpaired) electrons. The molecule has 2 bridgehead atoms. The summed E-state index contributed by atoms with van der Waals surface area (Å²) in [5, 5.41) is 0. The Bertz CT molecular complexity index is 496. The molecule has 0 unspecified atom stereocenters. The Labute approximate surface area is 117 Å². The number of likely N-dealkylation sites (tertiary alicyclic amines) is 1. The maximum atomic E-state index is 12.8. The summed E-state index contributed by atoms with van der Waals surface area (Å²) in [7, 11) is 1.37. The summed E-state index contributed by atoms with van der Waals surface area (Å²) < 4.78 is 10.9. The van der Waals surface area contributed by atoms with Crippen LogP contribution in [-0.2, 0) is 19.1 Å². The largest absolute Gasteiger partial charge is 0.469 e. The lowest BCUT2D eigenvalue weighted by atomic mass is 9.77. The number of amides is 1. The SMILES string of the molecule is COC(=O)[C@H]1[C@H]2C(=O)N(C3CCCC3)C[C@@]23C=C[C@H]1O3. The summed E-state index contributed by atoms with van der Waals surface area (Å²) in [5.74, 6) is -1.10. The molecule has 3 fully saturated rings. The van der Waals surface area contributed by atoms with E-state index >= 15 is 0 Å². The van der Waals surface area contributed by atoms with Crippen LogP contribution in [0.5, 0.6) is 0 Å². The lowest BCUT2D eigenvalue weighted by molar-refractivity contribution is -0.151. The van der Waals surface area contributed by atoms with Crippen LogP contribution in [0.1, 0.15) is 25.7 Å². The molecule has 0 aromatic heterocycles. The molecule has 3 aliphatic heterocycles. The standard InChI is InChI=1S/C15H19NO4/c1-19-14(18)11-10-6-7-15(20-10)8-16(13(17)12(11)15)9-4-2-3-5-9/h6-7,9-12H,2-5,8H2,1H3/t10-,11-,12+,15+/m1/s1. The molecule has 108 valence electrons. The zero-order valence-corrected chi connectivity index (χ0v) is 11.6. The predicted octanol–water partition coefficient (Wildman–Crippen LogP) is 0.884. The van der Waals surface area contributed by atoms with Gasteiger partial charge in [-0.2, -0.15) is 0 Å². The van der Waals surface area contributed by atoms with Gasteiger partial charge in [-0.3, -0.25) is 9.59 Å². The molecule has 0 aromatic carbocycles. The van der Waals surface area contributed by atoms with E-state index in [-0.39, 0.29) is 23.9 Å². The van der Waals surface area contributed by atoms with Crippen LogP contribution < -0.4 is 0 Å². The fourth-order valence-electron chi connectivity index (χ4n) is 4.46. The van der Waals surface area contributed by atoms with Crippen molar-refractivity contribution in [1.82, 2.24) is 4.90 Å². The van der Waals surface area contributed by atoms with E-state index in [0.29, 0.717) is 12.6 Å². The summed E-state index contributed by atoms with van der Waals surface area (Å²) in [6.07, 6.45) is 8.15. The summed E-state index contributed by atoms with van der Waals surface area (Å²) in [4.78, 5) is 26.8. The molecule has 2 saturated heterocycles. The zero-order valence-electron chi connectivity index (χ0n) is 11.6. The summed E-state index contributed by atoms with van der Waals surface area (Å²) in [6, 6.07) is 0.330. The highest BCUT2D eigenvalue weighted by Crippen LogP contribution is 2.53. The minimum Gasteiger partial charge on any atom is -0.469 e. The fraction of sp³-hybridized carbons (Fsp3) is 0.733. The number of hydrogen-bond donors (Lipinski definition) is 0. The Hall–Kier alpha value is -1.36. The van der Waals surface area contributed by atoms with Gasteiger partial charge in [0.25, 0.3) is 0 Å². The van der Waals surface area contributed by atoms with Gasteiger partial charge in [-0.1, -0.05) is 25.0 Å². The van der Waals surface area contributed by atoms with Crippen LogP contribution in [0.3, 0.4) is 0 Å². The summed E-state index contributed by atoms with van der Waals surface area (Å²) in [5.41, 5.74) is -0.580. The van der Waals surface area contributed by atoms with Crippen LogP contribution in [0.25, 0.3) is 0 Å². The Morgan fingerprint density at radius 2 is 2.20 bits per heavy atom. The lowest BCUT2D eigenvalue weighted by Gasteiger charge is -2.26. The normalized spacial score (nSPS) is 42.5. The molecule has 0 N–H and O–H groups in total. The van der Waals surface area contributed by atoms with Gasteiger partial charge in [0.2, 0.25) is 5.91 Å². The van der Waals surface area contributed by atoms with Crippen molar-refractivity contribution in [3.05, 3.63) is 12.2 Å². The Kier molecular flexibility index (Phi) is 2.52. The fourth-order valence-corrected chi connectivity index (χ4v) is 4.46. The van der Waals surface area contributed by atoms with Crippen LogP contribution in [0, 0.1) is 11.8 Å². The molecule has 5 heteroatoms. The smallest absolute Gasteiger partial charge is 0.312 e. The second-order valence-electron chi connectivity index (χ2n) is 6.33. The van der Waals surface area contributed by atoms with Crippen molar-refractivity contribution in [1.29, 1.82) is 0 Å². The van der Waals surface area contributed by atoms with Crippen molar-refractivity contribution in [2.75, 3.05) is 13.7 Å². The van der Waals surface area contributed by atoms with Crippen LogP contribution >= 0.6 is 0 Å². The first kappa shape index (κ1) is 12.4. The molecule has 4 aliphatic rings. The van der Waals surface area contributed by atoms with Gasteiger partial charge in [0.15, 0.2) is 0 Å². The van der Waals surface area contributed by atoms with E-state index in [2.05, 4.69) is 0 Å². The number of ether oxygens (including phenoxy) is 2. The van der Waals surface area contributed by atoms with Crippen LogP contribution in [-0.4, -0.2) is 48.2 Å². The van der Waals surface area contributed by atoms with Gasteiger partial charge in [-0.25, -0.2) is 0 Å². The van der Waals surface area contributed by atoms with Gasteiger partial charge in [-0.15, -0.1) is 0 Å². The van der Waals surface area contributed by atoms with Gasteiger partial charge in [0.05, 0.1) is 25.7 Å². The second kappa shape index (κ2) is 4.07. The molecule has 0 aromatic rings. The average molecular weight is 277 g/mol. The topological polar surface area (TPSA) is 55.8 Å². The predicted molar refractivity (Wildman–Crippen MR) is 69.7 cm³/mol. The van der Waals surface area contributed by atoms with Gasteiger partial charge < -0.3 is 14.4 Å². The van der Waals surface area contributed by atoms with E-state index in [9.17, 15) is 9.59 Å². The molecule has 1 spiro atoms. The first-order valence-corrected chi connectivity index (χ1v) is 7.42. The van der Waals surface area contributed by atoms with Crippen molar-refractivity contribution in [2.24, 2.45) is 11.8 Å². The molecule has 20 heavy (non-hydrogen) atoms. The number of esters is 1. The third-order valence-electron chi connectivity index (χ3n) is 5.37. The van der Waals surface area contributed by atoms with E-state index < -0.39 is 11.5 Å². The maximum Gasteiger partial charge on any atom is 0.312 e. The van der Waals surface area contributed by atoms with Gasteiger partial charge in [-0.05, 0) is 12.8 Å². The van der Waals surface area contributed by atoms with E-state index in [1.54, 1.807) is 0 Å². The number of methoxy groups -OCH3 is 1. The minimum atomic E-state index is -0.580. The van der Waals surface area contributed by atoms with Crippen LogP contribution in [0.15, 0.2) is 12.2 Å². The van der Waals surface area contributed by atoms with Crippen molar-refractivity contribution in [3.8, 4) is 0 Å². The Morgan fingerprint density at radius 3 is 2.90 bits per heavy atom. The molecule has 4 rings (SSSR count). The van der Waals surface area contributed by atoms with Crippen molar-refractivity contribution < 1.29 is 19.1 Å². The van der Waals surface area contributed by atoms with Gasteiger partial charge in [0, 0.05) is 6.04 Å². The molecule has 1 saturated carbocycles. The van der Waals surface area contributed by atoms with Crippen LogP contribution in [0.4, 0.5) is 0 Å². The van der Waals surface area contributed by atoms with E-state index in [0.717, 1.165) is 12.8 Å². The van der Waals surface area contributed by atoms with E-state index in [1.807, 2.05) is 17.1 Å². The van der Waals surface area contributed by atoms with E-state index in [1.165, 1.54) is 20.0 Å². The third-order valence-corrected chi connectivity index (χ3v) is 5.37. The zero-order chi connectivity index (χ0) is 13.9. The first-order valence-electron chi connectivity index (χ1n) is 7.42. The Balaban J connectivity index is 1.67. The highest BCUT2D eigenvalue weighted by Gasteiger charge is 2.67. The minimum absolute atomic E-state index is 0.0825. The Morgan fingerprint density at radius 1 is 1.45 bits per heavy atom. The number of nitrogens with zero attached hydrogens (tertiary/aromatic N) is 1. The second-order valence-corrected chi connectivity index (χ2v) is 6.33.